The van der Waals surface area contributed by atoms with Crippen LogP contribution in [0, 0.1) is 0 Å². The quantitative estimate of drug-likeness (QED) is 0.677. The predicted molar refractivity (Wildman–Crippen MR) is 65.7 cm³/mol. The molecule has 0 fully saturated rings. The van der Waals surface area contributed by atoms with Gasteiger partial charge in [0.1, 0.15) is 11.3 Å². The first-order chi connectivity index (χ1) is 8.36. The van der Waals surface area contributed by atoms with Crippen molar-refractivity contribution >= 4 is 11.1 Å². The molecule has 0 N–H and O–H groups in total. The Morgan fingerprint density at radius 3 is 2.94 bits per heavy atom. The highest BCUT2D eigenvalue weighted by atomic mass is 16.3. The fraction of sp³-hybridized carbons (Fsp3) is 0.214. The summed E-state index contributed by atoms with van der Waals surface area (Å²) in [6.07, 6.45) is 3.59. The molecule has 3 nitrogen and oxygen atoms in total. The summed E-state index contributed by atoms with van der Waals surface area (Å²) in [4.78, 5) is 4.43. The van der Waals surface area contributed by atoms with Crippen LogP contribution >= 0.6 is 0 Å². The number of fused-ring (bicyclic) bond motifs is 1. The Bertz CT molecular complexity index is 623. The number of oxazole rings is 1. The summed E-state index contributed by atoms with van der Waals surface area (Å²) >= 11 is 0. The fourth-order valence-electron chi connectivity index (χ4n) is 1.89. The standard InChI is InChI=1S/C14H13NO2/c1-2-4-14-15-11-7-6-10(9-13(11)17-14)12-5-3-8-16-12/h3,5-9H,2,4H2,1H3. The van der Waals surface area contributed by atoms with Gasteiger partial charge in [-0.05, 0) is 36.8 Å². The third-order valence-electron chi connectivity index (χ3n) is 2.70. The lowest BCUT2D eigenvalue weighted by molar-refractivity contribution is 0.525. The molecule has 3 rings (SSSR count). The van der Waals surface area contributed by atoms with Gasteiger partial charge in [-0.3, -0.25) is 0 Å². The molecule has 2 aromatic heterocycles. The summed E-state index contributed by atoms with van der Waals surface area (Å²) in [7, 11) is 0. The third-order valence-corrected chi connectivity index (χ3v) is 2.70. The smallest absolute Gasteiger partial charge is 0.195 e. The number of nitrogens with zero attached hydrogens (tertiary/aromatic N) is 1. The molecule has 17 heavy (non-hydrogen) atoms. The summed E-state index contributed by atoms with van der Waals surface area (Å²) in [5.74, 6) is 1.65. The van der Waals surface area contributed by atoms with Crippen molar-refractivity contribution in [2.24, 2.45) is 0 Å². The molecule has 0 spiro atoms. The highest BCUT2D eigenvalue weighted by Crippen LogP contribution is 2.25. The summed E-state index contributed by atoms with van der Waals surface area (Å²) < 4.78 is 11.1. The van der Waals surface area contributed by atoms with Gasteiger partial charge in [0.2, 0.25) is 0 Å². The van der Waals surface area contributed by atoms with Crippen LogP contribution in [0.15, 0.2) is 45.4 Å². The van der Waals surface area contributed by atoms with Gasteiger partial charge in [0.15, 0.2) is 11.5 Å². The van der Waals surface area contributed by atoms with Crippen LogP contribution in [-0.2, 0) is 6.42 Å². The van der Waals surface area contributed by atoms with Crippen molar-refractivity contribution in [1.82, 2.24) is 4.98 Å². The molecule has 0 saturated carbocycles. The Morgan fingerprint density at radius 2 is 2.18 bits per heavy atom. The van der Waals surface area contributed by atoms with Gasteiger partial charge in [0, 0.05) is 12.0 Å². The van der Waals surface area contributed by atoms with Crippen LogP contribution in [0.2, 0.25) is 0 Å². The molecule has 3 aromatic rings. The van der Waals surface area contributed by atoms with Crippen LogP contribution in [0.5, 0.6) is 0 Å². The van der Waals surface area contributed by atoms with E-state index < -0.39 is 0 Å². The van der Waals surface area contributed by atoms with Gasteiger partial charge in [-0.2, -0.15) is 0 Å². The molecule has 0 unspecified atom stereocenters. The Hall–Kier alpha value is -2.03. The molecule has 0 saturated heterocycles. The molecule has 0 aliphatic rings. The lowest BCUT2D eigenvalue weighted by atomic mass is 10.1. The maximum atomic E-state index is 5.69. The second kappa shape index (κ2) is 4.09. The minimum Gasteiger partial charge on any atom is -0.464 e. The normalized spacial score (nSPS) is 11.1. The van der Waals surface area contributed by atoms with Crippen molar-refractivity contribution in [3.63, 3.8) is 0 Å². The van der Waals surface area contributed by atoms with Crippen molar-refractivity contribution in [2.75, 3.05) is 0 Å². The van der Waals surface area contributed by atoms with Crippen LogP contribution in [0.1, 0.15) is 19.2 Å². The number of aromatic nitrogens is 1. The largest absolute Gasteiger partial charge is 0.464 e. The van der Waals surface area contributed by atoms with Crippen molar-refractivity contribution < 1.29 is 8.83 Å². The van der Waals surface area contributed by atoms with Gasteiger partial charge < -0.3 is 8.83 Å². The molecule has 0 aliphatic carbocycles. The second-order valence-electron chi connectivity index (χ2n) is 4.02. The van der Waals surface area contributed by atoms with E-state index in [0.717, 1.165) is 41.2 Å². The van der Waals surface area contributed by atoms with E-state index in [2.05, 4.69) is 11.9 Å². The topological polar surface area (TPSA) is 39.2 Å². The zero-order chi connectivity index (χ0) is 11.7. The highest BCUT2D eigenvalue weighted by Gasteiger charge is 2.07. The van der Waals surface area contributed by atoms with Crippen molar-refractivity contribution in [1.29, 1.82) is 0 Å². The first kappa shape index (κ1) is 10.1. The summed E-state index contributed by atoms with van der Waals surface area (Å²) in [5, 5.41) is 0. The van der Waals surface area contributed by atoms with E-state index in [4.69, 9.17) is 8.83 Å². The Labute approximate surface area is 99.1 Å². The summed E-state index contributed by atoms with van der Waals surface area (Å²) in [5.41, 5.74) is 2.74. The van der Waals surface area contributed by atoms with Gasteiger partial charge >= 0.3 is 0 Å². The molecule has 86 valence electrons. The van der Waals surface area contributed by atoms with E-state index in [9.17, 15) is 0 Å². The number of rotatable bonds is 3. The zero-order valence-electron chi connectivity index (χ0n) is 9.64. The van der Waals surface area contributed by atoms with Gasteiger partial charge in [-0.15, -0.1) is 0 Å². The van der Waals surface area contributed by atoms with Gasteiger partial charge in [-0.1, -0.05) is 6.92 Å². The molecule has 2 heterocycles. The van der Waals surface area contributed by atoms with Gasteiger partial charge in [0.25, 0.3) is 0 Å². The van der Waals surface area contributed by atoms with Gasteiger partial charge in [-0.25, -0.2) is 4.98 Å². The number of hydrogen-bond donors (Lipinski definition) is 0. The van der Waals surface area contributed by atoms with E-state index in [0.29, 0.717) is 0 Å². The average Bonchev–Trinajstić information content (AvgIpc) is 2.96. The van der Waals surface area contributed by atoms with Crippen LogP contribution in [0.3, 0.4) is 0 Å². The van der Waals surface area contributed by atoms with Gasteiger partial charge in [0.05, 0.1) is 6.26 Å². The van der Waals surface area contributed by atoms with Crippen LogP contribution in [0.4, 0.5) is 0 Å². The molecule has 3 heteroatoms. The number of benzene rings is 1. The molecular weight excluding hydrogens is 214 g/mol. The lowest BCUT2D eigenvalue weighted by Crippen LogP contribution is -1.79. The number of aryl methyl sites for hydroxylation is 1. The SMILES string of the molecule is CCCc1nc2ccc(-c3ccco3)cc2o1. The maximum absolute atomic E-state index is 5.69. The molecule has 0 bridgehead atoms. The minimum atomic E-state index is 0.805. The van der Waals surface area contributed by atoms with Crippen LogP contribution in [0.25, 0.3) is 22.4 Å². The monoisotopic (exact) mass is 227 g/mol. The van der Waals surface area contributed by atoms with E-state index in [1.54, 1.807) is 6.26 Å². The molecular formula is C14H13NO2. The lowest BCUT2D eigenvalue weighted by Gasteiger charge is -1.94. The first-order valence-electron chi connectivity index (χ1n) is 5.80. The van der Waals surface area contributed by atoms with Crippen LogP contribution < -0.4 is 0 Å². The third kappa shape index (κ3) is 1.84. The number of hydrogen-bond acceptors (Lipinski definition) is 3. The van der Waals surface area contributed by atoms with Crippen LogP contribution in [-0.4, -0.2) is 4.98 Å². The van der Waals surface area contributed by atoms with Crippen molar-refractivity contribution in [3.05, 3.63) is 42.5 Å². The fourth-order valence-corrected chi connectivity index (χ4v) is 1.89. The minimum absolute atomic E-state index is 0.805. The zero-order valence-corrected chi connectivity index (χ0v) is 9.64. The maximum Gasteiger partial charge on any atom is 0.195 e. The van der Waals surface area contributed by atoms with Crippen molar-refractivity contribution in [2.45, 2.75) is 19.8 Å². The molecule has 0 radical (unpaired) electrons. The molecule has 0 amide bonds. The molecule has 0 atom stereocenters. The summed E-state index contributed by atoms with van der Waals surface area (Å²) in [6.45, 7) is 2.11. The first-order valence-corrected chi connectivity index (χ1v) is 5.80. The Kier molecular flexibility index (Phi) is 2.44. The van der Waals surface area contributed by atoms with E-state index in [1.165, 1.54) is 0 Å². The Balaban J connectivity index is 2.06. The summed E-state index contributed by atoms with van der Waals surface area (Å²) in [6, 6.07) is 9.75. The van der Waals surface area contributed by atoms with E-state index in [1.807, 2.05) is 30.3 Å². The molecule has 1 aromatic carbocycles. The van der Waals surface area contributed by atoms with E-state index >= 15 is 0 Å². The van der Waals surface area contributed by atoms with Crippen molar-refractivity contribution in [3.8, 4) is 11.3 Å². The average molecular weight is 227 g/mol. The molecule has 0 aliphatic heterocycles. The van der Waals surface area contributed by atoms with E-state index in [-0.39, 0.29) is 0 Å². The predicted octanol–water partition coefficient (Wildman–Crippen LogP) is 4.04. The Morgan fingerprint density at radius 1 is 1.24 bits per heavy atom. The second-order valence-corrected chi connectivity index (χ2v) is 4.02. The number of furan rings is 1. The highest BCUT2D eigenvalue weighted by molar-refractivity contribution is 5.78.